The lowest BCUT2D eigenvalue weighted by atomic mass is 9.93. The molecule has 3 aliphatic rings. The SMILES string of the molecule is C=CCCC(NC(=O)[C@@H]1[C@@H]2[C@H](CN1C(=O)[C@@H](NC(=O)OCCOC)C1Cc3ccccc3C1)C2(C)C)C(=O)C(=O)NCC=C. The van der Waals surface area contributed by atoms with E-state index in [2.05, 4.69) is 43.0 Å². The molecular weight excluding hydrogens is 564 g/mol. The summed E-state index contributed by atoms with van der Waals surface area (Å²) < 4.78 is 10.2. The van der Waals surface area contributed by atoms with Crippen LogP contribution in [0.15, 0.2) is 49.6 Å². The number of alkyl carbamates (subject to hydrolysis) is 1. The second-order valence-corrected chi connectivity index (χ2v) is 12.4. The summed E-state index contributed by atoms with van der Waals surface area (Å²) in [5.74, 6) is -2.74. The summed E-state index contributed by atoms with van der Waals surface area (Å²) >= 11 is 0. The summed E-state index contributed by atoms with van der Waals surface area (Å²) in [5.41, 5.74) is 2.04. The highest BCUT2D eigenvalue weighted by molar-refractivity contribution is 6.38. The molecular formula is C33H44N4O7. The minimum Gasteiger partial charge on any atom is -0.447 e. The number of carbonyl (C=O) groups excluding carboxylic acids is 5. The molecule has 1 aromatic rings. The van der Waals surface area contributed by atoms with Gasteiger partial charge in [0, 0.05) is 20.2 Å². The van der Waals surface area contributed by atoms with Crippen LogP contribution in [0.5, 0.6) is 0 Å². The number of Topliss-reactive ketones (excluding diaryl/α,β-unsaturated/α-hetero) is 1. The van der Waals surface area contributed by atoms with Crippen molar-refractivity contribution in [2.24, 2.45) is 23.2 Å². The third-order valence-corrected chi connectivity index (χ3v) is 9.30. The van der Waals surface area contributed by atoms with E-state index in [0.717, 1.165) is 11.1 Å². The molecule has 0 radical (unpaired) electrons. The Hall–Kier alpha value is -3.99. The van der Waals surface area contributed by atoms with Crippen LogP contribution >= 0.6 is 0 Å². The number of piperidine rings is 1. The maximum absolute atomic E-state index is 14.4. The summed E-state index contributed by atoms with van der Waals surface area (Å²) in [6.07, 6.45) is 4.10. The predicted molar refractivity (Wildman–Crippen MR) is 163 cm³/mol. The summed E-state index contributed by atoms with van der Waals surface area (Å²) in [4.78, 5) is 68.2. The van der Waals surface area contributed by atoms with Gasteiger partial charge in [0.1, 0.15) is 18.7 Å². The molecule has 4 rings (SSSR count). The Kier molecular flexibility index (Phi) is 10.6. The van der Waals surface area contributed by atoms with Gasteiger partial charge in [-0.3, -0.25) is 19.2 Å². The molecule has 0 spiro atoms. The number of benzene rings is 1. The number of methoxy groups -OCH3 is 1. The molecule has 11 nitrogen and oxygen atoms in total. The van der Waals surface area contributed by atoms with Gasteiger partial charge in [-0.1, -0.05) is 50.3 Å². The number of nitrogens with one attached hydrogen (secondary N) is 3. The zero-order valence-corrected chi connectivity index (χ0v) is 25.8. The number of nitrogens with zero attached hydrogens (tertiary/aromatic N) is 1. The van der Waals surface area contributed by atoms with Gasteiger partial charge in [-0.05, 0) is 60.0 Å². The van der Waals surface area contributed by atoms with E-state index < -0.39 is 41.8 Å². The summed E-state index contributed by atoms with van der Waals surface area (Å²) in [7, 11) is 1.50. The van der Waals surface area contributed by atoms with E-state index in [9.17, 15) is 24.0 Å². The first-order valence-electron chi connectivity index (χ1n) is 15.2. The van der Waals surface area contributed by atoms with Crippen molar-refractivity contribution in [3.05, 3.63) is 60.7 Å². The molecule has 1 saturated carbocycles. The normalized spacial score (nSPS) is 22.5. The number of ketones is 1. The number of fused-ring (bicyclic) bond motifs is 2. The molecule has 0 aromatic heterocycles. The fourth-order valence-electron chi connectivity index (χ4n) is 6.81. The molecule has 5 atom stereocenters. The molecule has 1 heterocycles. The van der Waals surface area contributed by atoms with Crippen molar-refractivity contribution in [2.45, 2.75) is 57.7 Å². The molecule has 2 fully saturated rings. The lowest BCUT2D eigenvalue weighted by Crippen LogP contribution is -2.59. The van der Waals surface area contributed by atoms with E-state index in [1.807, 2.05) is 24.3 Å². The van der Waals surface area contributed by atoms with E-state index in [4.69, 9.17) is 9.47 Å². The quantitative estimate of drug-likeness (QED) is 0.157. The van der Waals surface area contributed by atoms with Crippen LogP contribution in [0.1, 0.15) is 37.8 Å². The second-order valence-electron chi connectivity index (χ2n) is 12.4. The van der Waals surface area contributed by atoms with Gasteiger partial charge in [0.25, 0.3) is 5.91 Å². The molecule has 1 aliphatic heterocycles. The predicted octanol–water partition coefficient (Wildman–Crippen LogP) is 1.95. The molecule has 3 N–H and O–H groups in total. The van der Waals surface area contributed by atoms with E-state index in [1.54, 1.807) is 11.0 Å². The molecule has 2 aliphatic carbocycles. The number of hydrogen-bond acceptors (Lipinski definition) is 7. The van der Waals surface area contributed by atoms with E-state index in [1.165, 1.54) is 13.2 Å². The van der Waals surface area contributed by atoms with Crippen LogP contribution in [0.4, 0.5) is 4.79 Å². The molecule has 1 unspecified atom stereocenters. The number of hydrogen-bond donors (Lipinski definition) is 3. The van der Waals surface area contributed by atoms with Crippen LogP contribution in [0.25, 0.3) is 0 Å². The first-order valence-corrected chi connectivity index (χ1v) is 15.2. The maximum atomic E-state index is 14.4. The fourth-order valence-corrected chi connectivity index (χ4v) is 6.81. The largest absolute Gasteiger partial charge is 0.447 e. The van der Waals surface area contributed by atoms with Crippen LogP contribution in [-0.2, 0) is 41.5 Å². The zero-order valence-electron chi connectivity index (χ0n) is 25.8. The lowest BCUT2D eigenvalue weighted by Gasteiger charge is -2.35. The standard InChI is InChI=1S/C33H44N4O7/c1-6-8-13-24(28(38)30(40)34-14-7-2)35-29(39)27-25-23(33(25,3)4)19-37(27)31(41)26(36-32(42)44-16-15-43-5)22-17-20-11-9-10-12-21(20)18-22/h6-7,9-12,22-27H,1-2,8,13-19H2,3-5H3,(H,34,40)(H,35,39)(H,36,42)/t23-,24?,25-,26-,27-/m0/s1. The second kappa shape index (κ2) is 14.2. The van der Waals surface area contributed by atoms with Crippen molar-refractivity contribution >= 4 is 29.6 Å². The number of likely N-dealkylation sites (tertiary alicyclic amines) is 1. The first-order chi connectivity index (χ1) is 21.0. The molecule has 11 heteroatoms. The van der Waals surface area contributed by atoms with Crippen molar-refractivity contribution < 1.29 is 33.4 Å². The van der Waals surface area contributed by atoms with Crippen LogP contribution in [-0.4, -0.2) is 86.0 Å². The Morgan fingerprint density at radius 3 is 2.34 bits per heavy atom. The Morgan fingerprint density at radius 1 is 1.05 bits per heavy atom. The average molecular weight is 609 g/mol. The molecule has 1 saturated heterocycles. The summed E-state index contributed by atoms with van der Waals surface area (Å²) in [6.45, 7) is 12.1. The van der Waals surface area contributed by atoms with Crippen molar-refractivity contribution in [2.75, 3.05) is 33.4 Å². The van der Waals surface area contributed by atoms with Crippen molar-refractivity contribution in [1.29, 1.82) is 0 Å². The third kappa shape index (κ3) is 7.04. The van der Waals surface area contributed by atoms with Crippen LogP contribution in [0.2, 0.25) is 0 Å². The van der Waals surface area contributed by atoms with Gasteiger partial charge in [-0.2, -0.15) is 0 Å². The Labute approximate surface area is 258 Å². The average Bonchev–Trinajstić information content (AvgIpc) is 3.37. The monoisotopic (exact) mass is 608 g/mol. The summed E-state index contributed by atoms with van der Waals surface area (Å²) in [5, 5.41) is 8.05. The third-order valence-electron chi connectivity index (χ3n) is 9.30. The van der Waals surface area contributed by atoms with E-state index in [-0.39, 0.29) is 55.3 Å². The zero-order chi connectivity index (χ0) is 32.0. The minimum atomic E-state index is -1.09. The topological polar surface area (TPSA) is 143 Å². The van der Waals surface area contributed by atoms with Gasteiger partial charge in [-0.15, -0.1) is 13.2 Å². The smallest absolute Gasteiger partial charge is 0.407 e. The van der Waals surface area contributed by atoms with Gasteiger partial charge in [0.05, 0.1) is 12.6 Å². The molecule has 238 valence electrons. The minimum absolute atomic E-state index is 0.0295. The van der Waals surface area contributed by atoms with Crippen LogP contribution in [0, 0.1) is 23.2 Å². The molecule has 44 heavy (non-hydrogen) atoms. The number of allylic oxidation sites excluding steroid dienone is 1. The van der Waals surface area contributed by atoms with Crippen molar-refractivity contribution in [3.8, 4) is 0 Å². The van der Waals surface area contributed by atoms with Gasteiger partial charge < -0.3 is 30.3 Å². The van der Waals surface area contributed by atoms with Gasteiger partial charge in [0.2, 0.25) is 17.6 Å². The van der Waals surface area contributed by atoms with E-state index in [0.29, 0.717) is 25.8 Å². The summed E-state index contributed by atoms with van der Waals surface area (Å²) in [6, 6.07) is 5.04. The number of carbonyl (C=O) groups is 5. The van der Waals surface area contributed by atoms with Gasteiger partial charge in [-0.25, -0.2) is 4.79 Å². The Balaban J connectivity index is 1.57. The number of amides is 4. The van der Waals surface area contributed by atoms with E-state index >= 15 is 0 Å². The number of ether oxygens (including phenoxy) is 2. The molecule has 0 bridgehead atoms. The van der Waals surface area contributed by atoms with Crippen molar-refractivity contribution in [1.82, 2.24) is 20.9 Å². The van der Waals surface area contributed by atoms with Crippen molar-refractivity contribution in [3.63, 3.8) is 0 Å². The number of rotatable bonds is 15. The van der Waals surface area contributed by atoms with Crippen LogP contribution < -0.4 is 16.0 Å². The molecule has 1 aromatic carbocycles. The fraction of sp³-hybridized carbons (Fsp3) is 0.545. The van der Waals surface area contributed by atoms with Gasteiger partial charge in [0.15, 0.2) is 0 Å². The van der Waals surface area contributed by atoms with Gasteiger partial charge >= 0.3 is 6.09 Å². The Bertz CT molecular complexity index is 1270. The first kappa shape index (κ1) is 32.9. The highest BCUT2D eigenvalue weighted by Crippen LogP contribution is 2.65. The highest BCUT2D eigenvalue weighted by Gasteiger charge is 2.69. The van der Waals surface area contributed by atoms with Crippen LogP contribution in [0.3, 0.4) is 0 Å². The highest BCUT2D eigenvalue weighted by atomic mass is 16.6. The maximum Gasteiger partial charge on any atom is 0.407 e. The lowest BCUT2D eigenvalue weighted by molar-refractivity contribution is -0.144. The molecule has 4 amide bonds. The Morgan fingerprint density at radius 2 is 1.73 bits per heavy atom.